The van der Waals surface area contributed by atoms with Crippen LogP contribution in [0, 0.1) is 0 Å². The summed E-state index contributed by atoms with van der Waals surface area (Å²) in [4.78, 5) is 13.5. The Balaban J connectivity index is 2.21. The van der Waals surface area contributed by atoms with Crippen LogP contribution in [0.1, 0.15) is 10.4 Å². The van der Waals surface area contributed by atoms with Gasteiger partial charge in [-0.1, -0.05) is 0 Å². The fraction of sp³-hybridized carbons (Fsp3) is 0.200. The predicted molar refractivity (Wildman–Crippen MR) is 71.2 cm³/mol. The molecule has 0 radical (unpaired) electrons. The van der Waals surface area contributed by atoms with E-state index < -0.39 is 0 Å². The van der Waals surface area contributed by atoms with Crippen LogP contribution in [0.25, 0.3) is 11.0 Å². The van der Waals surface area contributed by atoms with Gasteiger partial charge in [-0.05, 0) is 30.4 Å². The van der Waals surface area contributed by atoms with Crippen LogP contribution in [0.3, 0.4) is 0 Å². The molecule has 0 atom stereocenters. The molecule has 2 rings (SSSR count). The molecule has 1 aromatic heterocycles. The minimum atomic E-state index is -0.237. The number of amides is 1. The highest BCUT2D eigenvalue weighted by atomic mass is 32.1. The molecule has 7 heteroatoms. The standard InChI is InChI=1S/C10H10N4OS2/c1-14(2)10(16)11-9(15)6-3-4-7-8(5-6)13-17-12-7/h3-5H,1-2H3,(H,11,15,16). The number of fused-ring (bicyclic) bond motifs is 1. The molecule has 0 unspecified atom stereocenters. The van der Waals surface area contributed by atoms with Crippen molar-refractivity contribution in [3.05, 3.63) is 23.8 Å². The van der Waals surface area contributed by atoms with Gasteiger partial charge in [0.05, 0.1) is 11.7 Å². The minimum absolute atomic E-state index is 0.237. The van der Waals surface area contributed by atoms with Crippen molar-refractivity contribution in [2.24, 2.45) is 0 Å². The molecule has 5 nitrogen and oxygen atoms in total. The monoisotopic (exact) mass is 266 g/mol. The first-order valence-corrected chi connectivity index (χ1v) is 5.97. The Morgan fingerprint density at radius 1 is 1.35 bits per heavy atom. The summed E-state index contributed by atoms with van der Waals surface area (Å²) in [5.41, 5.74) is 2.04. The number of rotatable bonds is 1. The number of benzene rings is 1. The minimum Gasteiger partial charge on any atom is -0.355 e. The van der Waals surface area contributed by atoms with Crippen molar-refractivity contribution < 1.29 is 4.79 Å². The molecule has 0 fully saturated rings. The zero-order valence-electron chi connectivity index (χ0n) is 9.30. The summed E-state index contributed by atoms with van der Waals surface area (Å²) in [5.74, 6) is -0.237. The second kappa shape index (κ2) is 4.72. The van der Waals surface area contributed by atoms with E-state index in [9.17, 15) is 4.79 Å². The SMILES string of the molecule is CN(C)C(=S)NC(=O)c1ccc2nsnc2c1. The zero-order valence-corrected chi connectivity index (χ0v) is 10.9. The molecule has 0 saturated heterocycles. The molecule has 0 aliphatic carbocycles. The van der Waals surface area contributed by atoms with Gasteiger partial charge in [-0.3, -0.25) is 10.1 Å². The van der Waals surface area contributed by atoms with Gasteiger partial charge in [-0.2, -0.15) is 8.75 Å². The van der Waals surface area contributed by atoms with E-state index in [0.717, 1.165) is 22.8 Å². The van der Waals surface area contributed by atoms with E-state index in [4.69, 9.17) is 12.2 Å². The van der Waals surface area contributed by atoms with E-state index in [1.165, 1.54) is 0 Å². The van der Waals surface area contributed by atoms with Crippen LogP contribution >= 0.6 is 23.9 Å². The van der Waals surface area contributed by atoms with Crippen molar-refractivity contribution in [1.29, 1.82) is 0 Å². The number of carbonyl (C=O) groups is 1. The first kappa shape index (κ1) is 11.9. The summed E-state index contributed by atoms with van der Waals surface area (Å²) >= 11 is 6.13. The van der Waals surface area contributed by atoms with Crippen LogP contribution in [-0.4, -0.2) is 38.8 Å². The molecule has 0 bridgehead atoms. The molecule has 1 N–H and O–H groups in total. The lowest BCUT2D eigenvalue weighted by Crippen LogP contribution is -2.38. The molecule has 1 amide bonds. The summed E-state index contributed by atoms with van der Waals surface area (Å²) in [6, 6.07) is 5.18. The van der Waals surface area contributed by atoms with Crippen LogP contribution in [0.2, 0.25) is 0 Å². The van der Waals surface area contributed by atoms with Crippen molar-refractivity contribution in [3.8, 4) is 0 Å². The zero-order chi connectivity index (χ0) is 12.4. The number of carbonyl (C=O) groups excluding carboxylic acids is 1. The van der Waals surface area contributed by atoms with E-state index in [2.05, 4.69) is 14.1 Å². The van der Waals surface area contributed by atoms with Gasteiger partial charge in [-0.25, -0.2) is 0 Å². The lowest BCUT2D eigenvalue weighted by Gasteiger charge is -2.14. The fourth-order valence-corrected chi connectivity index (χ4v) is 1.81. The van der Waals surface area contributed by atoms with Gasteiger partial charge in [0.2, 0.25) is 0 Å². The van der Waals surface area contributed by atoms with Crippen LogP contribution < -0.4 is 5.32 Å². The van der Waals surface area contributed by atoms with Crippen LogP contribution in [0.15, 0.2) is 18.2 Å². The molecule has 1 aromatic carbocycles. The third-order valence-electron chi connectivity index (χ3n) is 2.14. The average molecular weight is 266 g/mol. The quantitative estimate of drug-likeness (QED) is 0.788. The smallest absolute Gasteiger partial charge is 0.257 e. The molecule has 0 aliphatic heterocycles. The van der Waals surface area contributed by atoms with Crippen LogP contribution in [0.4, 0.5) is 0 Å². The molecular weight excluding hydrogens is 256 g/mol. The van der Waals surface area contributed by atoms with E-state index in [1.807, 2.05) is 0 Å². The van der Waals surface area contributed by atoms with Crippen molar-refractivity contribution in [2.45, 2.75) is 0 Å². The van der Waals surface area contributed by atoms with Gasteiger partial charge >= 0.3 is 0 Å². The van der Waals surface area contributed by atoms with Crippen molar-refractivity contribution in [1.82, 2.24) is 19.0 Å². The lowest BCUT2D eigenvalue weighted by atomic mass is 10.2. The van der Waals surface area contributed by atoms with E-state index >= 15 is 0 Å². The Bertz CT molecular complexity index is 578. The summed E-state index contributed by atoms with van der Waals surface area (Å²) in [6.45, 7) is 0. The van der Waals surface area contributed by atoms with Crippen LogP contribution in [0.5, 0.6) is 0 Å². The maximum absolute atomic E-state index is 11.9. The highest BCUT2D eigenvalue weighted by molar-refractivity contribution is 7.80. The topological polar surface area (TPSA) is 58.1 Å². The molecule has 88 valence electrons. The highest BCUT2D eigenvalue weighted by Crippen LogP contribution is 2.13. The molecule has 17 heavy (non-hydrogen) atoms. The molecule has 0 aliphatic rings. The van der Waals surface area contributed by atoms with E-state index in [0.29, 0.717) is 10.7 Å². The van der Waals surface area contributed by atoms with Crippen molar-refractivity contribution >= 4 is 46.0 Å². The third kappa shape index (κ3) is 2.56. The van der Waals surface area contributed by atoms with Gasteiger partial charge in [0.15, 0.2) is 5.11 Å². The molecule has 0 saturated carbocycles. The summed E-state index contributed by atoms with van der Waals surface area (Å²) in [5, 5.41) is 3.01. The molecular formula is C10H10N4OS2. The maximum Gasteiger partial charge on any atom is 0.257 e. The Morgan fingerprint density at radius 3 is 2.76 bits per heavy atom. The molecule has 0 spiro atoms. The first-order chi connectivity index (χ1) is 8.08. The molecule has 2 aromatic rings. The Hall–Kier alpha value is -1.60. The number of nitrogens with one attached hydrogen (secondary N) is 1. The second-order valence-corrected chi connectivity index (χ2v) is 4.54. The number of hydrogen-bond donors (Lipinski definition) is 1. The second-order valence-electron chi connectivity index (χ2n) is 3.62. The number of nitrogens with zero attached hydrogens (tertiary/aromatic N) is 3. The predicted octanol–water partition coefficient (Wildman–Crippen LogP) is 1.27. The number of aromatic nitrogens is 2. The van der Waals surface area contributed by atoms with E-state index in [-0.39, 0.29) is 5.91 Å². The van der Waals surface area contributed by atoms with Gasteiger partial charge in [-0.15, -0.1) is 0 Å². The first-order valence-electron chi connectivity index (χ1n) is 4.83. The maximum atomic E-state index is 11.9. The summed E-state index contributed by atoms with van der Waals surface area (Å²) in [7, 11) is 3.55. The van der Waals surface area contributed by atoms with Crippen molar-refractivity contribution in [3.63, 3.8) is 0 Å². The normalized spacial score (nSPS) is 10.2. The van der Waals surface area contributed by atoms with E-state index in [1.54, 1.807) is 37.2 Å². The fourth-order valence-electron chi connectivity index (χ4n) is 1.20. The molecule has 1 heterocycles. The Kier molecular flexibility index (Phi) is 3.30. The Morgan fingerprint density at radius 2 is 2.06 bits per heavy atom. The average Bonchev–Trinajstić information content (AvgIpc) is 2.75. The number of thiocarbonyl (C=S) groups is 1. The summed E-state index contributed by atoms with van der Waals surface area (Å²) in [6.07, 6.45) is 0. The summed E-state index contributed by atoms with van der Waals surface area (Å²) < 4.78 is 8.16. The van der Waals surface area contributed by atoms with Gasteiger partial charge in [0.1, 0.15) is 11.0 Å². The highest BCUT2D eigenvalue weighted by Gasteiger charge is 2.10. The third-order valence-corrected chi connectivity index (χ3v) is 3.17. The van der Waals surface area contributed by atoms with Crippen LogP contribution in [-0.2, 0) is 0 Å². The van der Waals surface area contributed by atoms with Gasteiger partial charge in [0, 0.05) is 19.7 Å². The van der Waals surface area contributed by atoms with Gasteiger partial charge in [0.25, 0.3) is 5.91 Å². The number of hydrogen-bond acceptors (Lipinski definition) is 5. The largest absolute Gasteiger partial charge is 0.355 e. The van der Waals surface area contributed by atoms with Gasteiger partial charge < -0.3 is 4.90 Å². The van der Waals surface area contributed by atoms with Crippen molar-refractivity contribution in [2.75, 3.05) is 14.1 Å². The lowest BCUT2D eigenvalue weighted by molar-refractivity contribution is 0.0974. The Labute approximate surface area is 108 Å².